The molecule has 134 valence electrons. The molecule has 2 aromatic rings. The maximum Gasteiger partial charge on any atom is 0.243 e. The van der Waals surface area contributed by atoms with Gasteiger partial charge >= 0.3 is 0 Å². The summed E-state index contributed by atoms with van der Waals surface area (Å²) in [6, 6.07) is 6.87. The molecule has 1 heterocycles. The Morgan fingerprint density at radius 3 is 2.52 bits per heavy atom. The minimum Gasteiger partial charge on any atom is -0.346 e. The number of carbonyl (C=O) groups is 2. The Morgan fingerprint density at radius 1 is 1.28 bits per heavy atom. The second kappa shape index (κ2) is 8.98. The van der Waals surface area contributed by atoms with Crippen LogP contribution >= 0.6 is 23.1 Å². The molecule has 0 aliphatic heterocycles. The highest BCUT2D eigenvalue weighted by Gasteiger charge is 2.17. The molecule has 25 heavy (non-hydrogen) atoms. The van der Waals surface area contributed by atoms with Gasteiger partial charge in [0.05, 0.1) is 12.6 Å². The molecule has 6 nitrogen and oxygen atoms in total. The van der Waals surface area contributed by atoms with Crippen molar-refractivity contribution < 1.29 is 9.59 Å². The van der Waals surface area contributed by atoms with E-state index >= 15 is 0 Å². The van der Waals surface area contributed by atoms with Crippen molar-refractivity contribution in [1.82, 2.24) is 10.3 Å². The normalized spacial score (nSPS) is 12.0. The molecule has 0 bridgehead atoms. The number of thiazole rings is 1. The summed E-state index contributed by atoms with van der Waals surface area (Å²) in [4.78, 5) is 29.1. The predicted octanol–water partition coefficient (Wildman–Crippen LogP) is 2.64. The van der Waals surface area contributed by atoms with E-state index < -0.39 is 6.04 Å². The van der Waals surface area contributed by atoms with Gasteiger partial charge in [0.1, 0.15) is 0 Å². The lowest BCUT2D eigenvalue weighted by atomic mass is 10.1. The lowest BCUT2D eigenvalue weighted by molar-refractivity contribution is -0.125. The zero-order valence-electron chi connectivity index (χ0n) is 14.4. The van der Waals surface area contributed by atoms with Crippen molar-refractivity contribution in [3.8, 4) is 0 Å². The standard InChI is InChI=1S/C17H22N4O2S2/c1-10(2)15(18)16(23)19-8-14(22)21-12-4-6-13(7-5-12)25-17-20-11(3)9-24-17/h4-7,9-10,15H,8,18H2,1-3H3,(H,19,23)(H,21,22)/t15-/m0/s1. The van der Waals surface area contributed by atoms with E-state index in [1.165, 1.54) is 0 Å². The number of aromatic nitrogens is 1. The van der Waals surface area contributed by atoms with Gasteiger partial charge in [-0.25, -0.2) is 4.98 Å². The van der Waals surface area contributed by atoms with Crippen LogP contribution in [0.1, 0.15) is 19.5 Å². The van der Waals surface area contributed by atoms with Gasteiger partial charge in [0, 0.05) is 21.7 Å². The Kier molecular flexibility index (Phi) is 6.98. The van der Waals surface area contributed by atoms with E-state index in [4.69, 9.17) is 5.73 Å². The molecule has 1 atom stereocenters. The van der Waals surface area contributed by atoms with Crippen molar-refractivity contribution in [3.63, 3.8) is 0 Å². The van der Waals surface area contributed by atoms with Crippen LogP contribution in [0.3, 0.4) is 0 Å². The van der Waals surface area contributed by atoms with E-state index in [9.17, 15) is 9.59 Å². The number of aryl methyl sites for hydroxylation is 1. The molecule has 0 aliphatic carbocycles. The van der Waals surface area contributed by atoms with E-state index in [1.807, 2.05) is 50.4 Å². The van der Waals surface area contributed by atoms with Crippen LogP contribution in [0.5, 0.6) is 0 Å². The molecule has 2 amide bonds. The highest BCUT2D eigenvalue weighted by atomic mass is 32.2. The maximum atomic E-state index is 11.9. The summed E-state index contributed by atoms with van der Waals surface area (Å²) in [6.07, 6.45) is 0. The number of nitrogens with one attached hydrogen (secondary N) is 2. The third kappa shape index (κ3) is 6.15. The molecule has 0 radical (unpaired) electrons. The van der Waals surface area contributed by atoms with E-state index in [2.05, 4.69) is 15.6 Å². The first kappa shape index (κ1) is 19.4. The van der Waals surface area contributed by atoms with Gasteiger partial charge in [-0.1, -0.05) is 25.6 Å². The Labute approximate surface area is 155 Å². The zero-order chi connectivity index (χ0) is 18.4. The number of anilines is 1. The first-order chi connectivity index (χ1) is 11.8. The minimum absolute atomic E-state index is 0.0229. The average molecular weight is 379 g/mol. The first-order valence-electron chi connectivity index (χ1n) is 7.88. The summed E-state index contributed by atoms with van der Waals surface area (Å²) in [5.41, 5.74) is 7.41. The van der Waals surface area contributed by atoms with Gasteiger partial charge in [-0.15, -0.1) is 11.3 Å². The van der Waals surface area contributed by atoms with Gasteiger partial charge in [0.25, 0.3) is 0 Å². The van der Waals surface area contributed by atoms with Gasteiger partial charge < -0.3 is 16.4 Å². The van der Waals surface area contributed by atoms with Crippen molar-refractivity contribution in [2.75, 3.05) is 11.9 Å². The molecule has 0 saturated heterocycles. The van der Waals surface area contributed by atoms with Gasteiger partial charge in [-0.3, -0.25) is 9.59 Å². The van der Waals surface area contributed by atoms with Crippen LogP contribution in [-0.2, 0) is 9.59 Å². The van der Waals surface area contributed by atoms with E-state index in [-0.39, 0.29) is 24.3 Å². The molecule has 0 aliphatic rings. The second-order valence-electron chi connectivity index (χ2n) is 5.92. The molecule has 4 N–H and O–H groups in total. The Bertz CT molecular complexity index is 729. The smallest absolute Gasteiger partial charge is 0.243 e. The largest absolute Gasteiger partial charge is 0.346 e. The minimum atomic E-state index is -0.612. The van der Waals surface area contributed by atoms with E-state index in [1.54, 1.807) is 23.1 Å². The second-order valence-corrected chi connectivity index (χ2v) is 8.10. The summed E-state index contributed by atoms with van der Waals surface area (Å²) < 4.78 is 0.985. The van der Waals surface area contributed by atoms with Crippen LogP contribution in [0.15, 0.2) is 38.9 Å². The fourth-order valence-corrected chi connectivity index (χ4v) is 3.69. The topological polar surface area (TPSA) is 97.1 Å². The molecule has 1 aromatic heterocycles. The van der Waals surface area contributed by atoms with Crippen LogP contribution < -0.4 is 16.4 Å². The number of carbonyl (C=O) groups excluding carboxylic acids is 2. The van der Waals surface area contributed by atoms with E-state index in [0.29, 0.717) is 5.69 Å². The highest BCUT2D eigenvalue weighted by Crippen LogP contribution is 2.30. The Hall–Kier alpha value is -1.90. The Morgan fingerprint density at radius 2 is 1.96 bits per heavy atom. The molecule has 0 fully saturated rings. The average Bonchev–Trinajstić information content (AvgIpc) is 2.98. The van der Waals surface area contributed by atoms with Crippen molar-refractivity contribution in [1.29, 1.82) is 0 Å². The summed E-state index contributed by atoms with van der Waals surface area (Å²) >= 11 is 3.18. The summed E-state index contributed by atoms with van der Waals surface area (Å²) in [7, 11) is 0. The lowest BCUT2D eigenvalue weighted by Gasteiger charge is -2.15. The van der Waals surface area contributed by atoms with Crippen LogP contribution in [0.25, 0.3) is 0 Å². The number of benzene rings is 1. The van der Waals surface area contributed by atoms with Crippen LogP contribution in [0, 0.1) is 12.8 Å². The zero-order valence-corrected chi connectivity index (χ0v) is 16.0. The summed E-state index contributed by atoms with van der Waals surface area (Å²) in [6.45, 7) is 5.58. The number of hydrogen-bond acceptors (Lipinski definition) is 6. The number of amides is 2. The van der Waals surface area contributed by atoms with Crippen LogP contribution in [0.2, 0.25) is 0 Å². The molecule has 1 aromatic carbocycles. The molecule has 2 rings (SSSR count). The third-order valence-corrected chi connectivity index (χ3v) is 5.45. The SMILES string of the molecule is Cc1csc(Sc2ccc(NC(=O)CNC(=O)[C@@H](N)C(C)C)cc2)n1. The maximum absolute atomic E-state index is 11.9. The Balaban J connectivity index is 1.82. The van der Waals surface area contributed by atoms with Crippen molar-refractivity contribution >= 4 is 40.6 Å². The third-order valence-electron chi connectivity index (χ3n) is 3.39. The van der Waals surface area contributed by atoms with Crippen molar-refractivity contribution in [2.24, 2.45) is 11.7 Å². The molecular formula is C17H22N4O2S2. The van der Waals surface area contributed by atoms with Crippen molar-refractivity contribution in [3.05, 3.63) is 35.3 Å². The van der Waals surface area contributed by atoms with Gasteiger partial charge in [0.15, 0.2) is 4.34 Å². The summed E-state index contributed by atoms with van der Waals surface area (Å²) in [5.74, 6) is -0.592. The number of rotatable bonds is 7. The highest BCUT2D eigenvalue weighted by molar-refractivity contribution is 8.01. The van der Waals surface area contributed by atoms with Gasteiger partial charge in [0.2, 0.25) is 11.8 Å². The van der Waals surface area contributed by atoms with Crippen LogP contribution in [0.4, 0.5) is 5.69 Å². The fourth-order valence-electron chi connectivity index (χ4n) is 1.88. The molecule has 0 unspecified atom stereocenters. The van der Waals surface area contributed by atoms with Crippen molar-refractivity contribution in [2.45, 2.75) is 36.0 Å². The number of hydrogen-bond donors (Lipinski definition) is 3. The first-order valence-corrected chi connectivity index (χ1v) is 9.58. The monoisotopic (exact) mass is 378 g/mol. The van der Waals surface area contributed by atoms with Crippen LogP contribution in [-0.4, -0.2) is 29.4 Å². The van der Waals surface area contributed by atoms with Gasteiger partial charge in [-0.05, 0) is 37.1 Å². The number of nitrogens with zero attached hydrogens (tertiary/aromatic N) is 1. The molecule has 0 spiro atoms. The van der Waals surface area contributed by atoms with E-state index in [0.717, 1.165) is 14.9 Å². The quantitative estimate of drug-likeness (QED) is 0.688. The van der Waals surface area contributed by atoms with Gasteiger partial charge in [-0.2, -0.15) is 0 Å². The summed E-state index contributed by atoms with van der Waals surface area (Å²) in [5, 5.41) is 7.30. The lowest BCUT2D eigenvalue weighted by Crippen LogP contribution is -2.46. The fraction of sp³-hybridized carbons (Fsp3) is 0.353. The molecular weight excluding hydrogens is 356 g/mol. The molecule has 8 heteroatoms. The molecule has 0 saturated carbocycles. The number of nitrogens with two attached hydrogens (primary N) is 1. The predicted molar refractivity (Wildman–Crippen MR) is 102 cm³/mol.